The summed E-state index contributed by atoms with van der Waals surface area (Å²) in [6, 6.07) is 0. The molecule has 0 amide bonds. The third-order valence-corrected chi connectivity index (χ3v) is 9.25. The van der Waals surface area contributed by atoms with Crippen LogP contribution in [0.25, 0.3) is 0 Å². The third-order valence-electron chi connectivity index (χ3n) is 9.25. The molecule has 0 aromatic heterocycles. The Bertz CT molecular complexity index is 697. The average Bonchev–Trinajstić information content (AvgIpc) is 2.87. The van der Waals surface area contributed by atoms with Gasteiger partial charge in [-0.15, -0.1) is 0 Å². The van der Waals surface area contributed by atoms with Gasteiger partial charge >= 0.3 is 11.9 Å². The Balaban J connectivity index is 1.66. The lowest BCUT2D eigenvalue weighted by Gasteiger charge is -2.63. The second-order valence-corrected chi connectivity index (χ2v) is 10.9. The summed E-state index contributed by atoms with van der Waals surface area (Å²) >= 11 is 0. The molecule has 0 heterocycles. The van der Waals surface area contributed by atoms with Gasteiger partial charge in [0, 0.05) is 0 Å². The van der Waals surface area contributed by atoms with Crippen LogP contribution in [-0.4, -0.2) is 23.7 Å². The maximum Gasteiger partial charge on any atom is 0.313 e. The van der Waals surface area contributed by atoms with Crippen LogP contribution in [0, 0.1) is 39.9 Å². The van der Waals surface area contributed by atoms with Crippen molar-refractivity contribution in [3.8, 4) is 0 Å². The van der Waals surface area contributed by atoms with Gasteiger partial charge in [-0.25, -0.2) is 0 Å². The van der Waals surface area contributed by atoms with E-state index in [9.17, 15) is 14.7 Å². The highest BCUT2D eigenvalue weighted by atomic mass is 16.5. The zero-order valence-corrected chi connectivity index (χ0v) is 17.8. The van der Waals surface area contributed by atoms with Gasteiger partial charge in [-0.2, -0.15) is 0 Å². The first-order valence-electron chi connectivity index (χ1n) is 11.2. The second-order valence-electron chi connectivity index (χ2n) is 10.9. The van der Waals surface area contributed by atoms with Crippen LogP contribution < -0.4 is 0 Å². The minimum absolute atomic E-state index is 0.0225. The van der Waals surface area contributed by atoms with Gasteiger partial charge in [0.1, 0.15) is 12.0 Å². The molecule has 0 saturated heterocycles. The molecule has 28 heavy (non-hydrogen) atoms. The molecule has 0 aromatic carbocycles. The molecule has 4 nitrogen and oxygen atoms in total. The van der Waals surface area contributed by atoms with Crippen molar-refractivity contribution in [2.24, 2.45) is 39.9 Å². The normalized spacial score (nSPS) is 44.7. The number of aliphatic carboxylic acids is 1. The number of hydrogen-bond donors (Lipinski definition) is 1. The average molecular weight is 389 g/mol. The van der Waals surface area contributed by atoms with E-state index in [2.05, 4.69) is 13.5 Å². The van der Waals surface area contributed by atoms with E-state index in [-0.39, 0.29) is 29.8 Å². The molecule has 4 rings (SSSR count). The molecule has 6 atom stereocenters. The van der Waals surface area contributed by atoms with Crippen LogP contribution in [0.5, 0.6) is 0 Å². The Kier molecular flexibility index (Phi) is 4.71. The Morgan fingerprint density at radius 1 is 1.18 bits per heavy atom. The first-order chi connectivity index (χ1) is 13.1. The van der Waals surface area contributed by atoms with E-state index >= 15 is 0 Å². The number of carbonyl (C=O) groups is 2. The van der Waals surface area contributed by atoms with E-state index in [0.29, 0.717) is 23.7 Å². The Morgan fingerprint density at radius 2 is 1.93 bits per heavy atom. The molecule has 4 heteroatoms. The molecule has 4 aliphatic carbocycles. The number of fused-ring (bicyclic) bond motifs is 3. The van der Waals surface area contributed by atoms with Crippen molar-refractivity contribution in [2.75, 3.05) is 6.61 Å². The van der Waals surface area contributed by atoms with Gasteiger partial charge in [-0.1, -0.05) is 39.3 Å². The molecule has 0 unspecified atom stereocenters. The number of carboxylic acid groups (broad SMARTS) is 1. The summed E-state index contributed by atoms with van der Waals surface area (Å²) in [5, 5.41) is 10.4. The minimum atomic E-state index is -0.925. The van der Waals surface area contributed by atoms with Gasteiger partial charge in [0.05, 0.1) is 5.92 Å². The van der Waals surface area contributed by atoms with Crippen LogP contribution in [0.2, 0.25) is 0 Å². The summed E-state index contributed by atoms with van der Waals surface area (Å²) in [7, 11) is 0. The zero-order chi connectivity index (χ0) is 20.3. The Hall–Kier alpha value is -1.32. The smallest absolute Gasteiger partial charge is 0.313 e. The monoisotopic (exact) mass is 388 g/mol. The van der Waals surface area contributed by atoms with E-state index in [4.69, 9.17) is 4.74 Å². The fourth-order valence-corrected chi connectivity index (χ4v) is 8.02. The largest absolute Gasteiger partial charge is 0.481 e. The summed E-state index contributed by atoms with van der Waals surface area (Å²) in [5.41, 5.74) is 0.887. The molecular weight excluding hydrogens is 352 g/mol. The predicted molar refractivity (Wildman–Crippen MR) is 108 cm³/mol. The molecule has 2 bridgehead atoms. The first kappa shape index (κ1) is 20.0. The minimum Gasteiger partial charge on any atom is -0.481 e. The van der Waals surface area contributed by atoms with Gasteiger partial charge in [0.2, 0.25) is 0 Å². The van der Waals surface area contributed by atoms with Crippen LogP contribution in [0.1, 0.15) is 78.6 Å². The standard InChI is InChI=1S/C24H36O4/c1-15(2)20(25)28-14-24(21(26)27)10-5-9-22(4)18-7-6-17-13-23(18,12-16(17)3)11-8-19(22)24/h15,17-19H,3,5-14H2,1-2,4H3,(H,26,27)/t17-,18+,19+,22+,23-,24+/m1/s1. The number of esters is 1. The topological polar surface area (TPSA) is 63.6 Å². The lowest BCUT2D eigenvalue weighted by atomic mass is 9.41. The van der Waals surface area contributed by atoms with E-state index in [1.807, 2.05) is 0 Å². The number of rotatable bonds is 4. The molecular formula is C24H36O4. The number of hydrogen-bond acceptors (Lipinski definition) is 3. The molecule has 0 aromatic rings. The molecule has 156 valence electrons. The van der Waals surface area contributed by atoms with E-state index in [1.165, 1.54) is 24.8 Å². The predicted octanol–water partition coefficient (Wildman–Crippen LogP) is 5.22. The van der Waals surface area contributed by atoms with Crippen molar-refractivity contribution >= 4 is 11.9 Å². The van der Waals surface area contributed by atoms with Crippen molar-refractivity contribution in [3.05, 3.63) is 12.2 Å². The van der Waals surface area contributed by atoms with Crippen molar-refractivity contribution in [2.45, 2.75) is 78.6 Å². The summed E-state index contributed by atoms with van der Waals surface area (Å²) < 4.78 is 5.58. The first-order valence-corrected chi connectivity index (χ1v) is 11.2. The third kappa shape index (κ3) is 2.69. The van der Waals surface area contributed by atoms with Gasteiger partial charge in [0.15, 0.2) is 0 Å². The number of ether oxygens (including phenoxy) is 1. The van der Waals surface area contributed by atoms with Crippen LogP contribution in [0.15, 0.2) is 12.2 Å². The fourth-order valence-electron chi connectivity index (χ4n) is 8.02. The molecule has 4 fully saturated rings. The number of carboxylic acids is 1. The summed E-state index contributed by atoms with van der Waals surface area (Å²) in [6.07, 6.45) is 9.54. The van der Waals surface area contributed by atoms with Crippen LogP contribution >= 0.6 is 0 Å². The van der Waals surface area contributed by atoms with Gasteiger partial charge in [0.25, 0.3) is 0 Å². The molecule has 4 aliphatic rings. The van der Waals surface area contributed by atoms with Gasteiger partial charge in [-0.3, -0.25) is 9.59 Å². The van der Waals surface area contributed by atoms with E-state index < -0.39 is 11.4 Å². The Morgan fingerprint density at radius 3 is 2.61 bits per heavy atom. The van der Waals surface area contributed by atoms with Crippen molar-refractivity contribution < 1.29 is 19.4 Å². The highest BCUT2D eigenvalue weighted by Crippen LogP contribution is 2.72. The maximum atomic E-state index is 12.6. The zero-order valence-electron chi connectivity index (χ0n) is 17.8. The highest BCUT2D eigenvalue weighted by molar-refractivity contribution is 5.77. The van der Waals surface area contributed by atoms with Gasteiger partial charge in [-0.05, 0) is 80.0 Å². The molecule has 1 N–H and O–H groups in total. The van der Waals surface area contributed by atoms with Crippen molar-refractivity contribution in [1.82, 2.24) is 0 Å². The van der Waals surface area contributed by atoms with Crippen LogP contribution in [0.3, 0.4) is 0 Å². The Labute approximate surface area is 169 Å². The van der Waals surface area contributed by atoms with Crippen molar-refractivity contribution in [3.63, 3.8) is 0 Å². The second kappa shape index (κ2) is 6.60. The van der Waals surface area contributed by atoms with Crippen LogP contribution in [0.4, 0.5) is 0 Å². The molecule has 4 saturated carbocycles. The molecule has 1 spiro atoms. The van der Waals surface area contributed by atoms with E-state index in [0.717, 1.165) is 32.1 Å². The summed E-state index contributed by atoms with van der Waals surface area (Å²) in [4.78, 5) is 24.8. The van der Waals surface area contributed by atoms with E-state index in [1.54, 1.807) is 13.8 Å². The molecule has 0 aliphatic heterocycles. The van der Waals surface area contributed by atoms with Crippen molar-refractivity contribution in [1.29, 1.82) is 0 Å². The quantitative estimate of drug-likeness (QED) is 0.530. The SMILES string of the molecule is C=C1C[C@@]23CC[C@@H]4[C@](COC(=O)C(C)C)(C(=O)O)CCC[C@@]4(C)[C@@H]2CC[C@@H]1C3. The maximum absolute atomic E-state index is 12.6. The van der Waals surface area contributed by atoms with Gasteiger partial charge < -0.3 is 9.84 Å². The number of allylic oxidation sites excluding steroid dienone is 1. The fraction of sp³-hybridized carbons (Fsp3) is 0.833. The summed E-state index contributed by atoms with van der Waals surface area (Å²) in [6.45, 7) is 10.4. The lowest BCUT2D eigenvalue weighted by Crippen LogP contribution is -2.60. The molecule has 0 radical (unpaired) electrons. The lowest BCUT2D eigenvalue weighted by molar-refractivity contribution is -0.196. The van der Waals surface area contributed by atoms with Crippen LogP contribution in [-0.2, 0) is 14.3 Å². The highest BCUT2D eigenvalue weighted by Gasteiger charge is 2.66. The summed E-state index contributed by atoms with van der Waals surface area (Å²) in [5.74, 6) is 0.0843. The number of carbonyl (C=O) groups excluding carboxylic acids is 1.